The number of sulfonamides is 1. The van der Waals surface area contributed by atoms with Gasteiger partial charge in [0.2, 0.25) is 27.7 Å². The van der Waals surface area contributed by atoms with E-state index in [2.05, 4.69) is 31.9 Å². The first kappa shape index (κ1) is 38.4. The standard InChI is InChI=1S/C39H51N7O9S/c1-3-25-20-39(25,36(49)44-56(51,52)28-12-13-28)43-33(47)31-19-27-22-46(31)35(48)32(24-9-5-6-10-24)41-38(50)45-16-15-26(21-45)54-17-7-8-23-11-14-30-29(18-23)34(55-27)42-37(40-30)53-4-2/h3,11,14,18,24-28,31-32H,1,4-10,12-13,15-17,19-22H2,2H3,(H,41,50)(H,43,47)(H,44,49)/t25-,26-,27-,31+,32+,39-/m1/s1. The minimum Gasteiger partial charge on any atom is -0.472 e. The average Bonchev–Trinajstić information content (AvgIpc) is 3.95. The first-order chi connectivity index (χ1) is 27.0. The lowest BCUT2D eigenvalue weighted by atomic mass is 9.96. The molecule has 6 bridgehead atoms. The van der Waals surface area contributed by atoms with Crippen LogP contribution in [0.25, 0.3) is 10.9 Å². The molecular weight excluding hydrogens is 743 g/mol. The number of nitrogens with one attached hydrogen (secondary N) is 3. The topological polar surface area (TPSA) is 198 Å². The summed E-state index contributed by atoms with van der Waals surface area (Å²) in [5.74, 6) is -2.28. The van der Waals surface area contributed by atoms with E-state index in [-0.39, 0.29) is 49.3 Å². The van der Waals surface area contributed by atoms with E-state index < -0.39 is 62.6 Å². The molecule has 3 aliphatic heterocycles. The molecule has 0 unspecified atom stereocenters. The first-order valence-corrected chi connectivity index (χ1v) is 21.6. The molecule has 1 aromatic heterocycles. The summed E-state index contributed by atoms with van der Waals surface area (Å²) in [5.41, 5.74) is 0.0914. The van der Waals surface area contributed by atoms with E-state index in [0.29, 0.717) is 56.5 Å². The van der Waals surface area contributed by atoms with Gasteiger partial charge in [-0.25, -0.2) is 13.2 Å². The van der Waals surface area contributed by atoms with E-state index in [1.54, 1.807) is 4.90 Å². The van der Waals surface area contributed by atoms with Crippen molar-refractivity contribution in [3.05, 3.63) is 36.4 Å². The maximum Gasteiger partial charge on any atom is 0.320 e. The van der Waals surface area contributed by atoms with Gasteiger partial charge in [0.15, 0.2) is 0 Å². The molecule has 0 spiro atoms. The van der Waals surface area contributed by atoms with Gasteiger partial charge in [-0.05, 0) is 81.9 Å². The monoisotopic (exact) mass is 793 g/mol. The Labute approximate surface area is 326 Å². The van der Waals surface area contributed by atoms with Crippen LogP contribution >= 0.6 is 0 Å². The second-order valence-electron chi connectivity index (χ2n) is 16.1. The number of aromatic nitrogens is 2. The van der Waals surface area contributed by atoms with Gasteiger partial charge in [0.25, 0.3) is 5.91 Å². The van der Waals surface area contributed by atoms with Gasteiger partial charge in [-0.1, -0.05) is 25.0 Å². The summed E-state index contributed by atoms with van der Waals surface area (Å²) in [4.78, 5) is 69.1. The number of aryl methyl sites for hydroxylation is 1. The summed E-state index contributed by atoms with van der Waals surface area (Å²) >= 11 is 0. The Balaban J connectivity index is 1.14. The minimum atomic E-state index is -3.90. The highest BCUT2D eigenvalue weighted by Gasteiger charge is 2.62. The summed E-state index contributed by atoms with van der Waals surface area (Å²) < 4.78 is 46.3. The Morgan fingerprint density at radius 3 is 2.62 bits per heavy atom. The molecule has 8 rings (SSSR count). The van der Waals surface area contributed by atoms with Gasteiger partial charge in [0.05, 0.1) is 35.4 Å². The lowest BCUT2D eigenvalue weighted by Crippen LogP contribution is -2.59. The number of carbonyl (C=O) groups excluding carboxylic acids is 4. The molecular formula is C39H51N7O9S. The van der Waals surface area contributed by atoms with E-state index >= 15 is 0 Å². The van der Waals surface area contributed by atoms with Gasteiger partial charge >= 0.3 is 12.0 Å². The van der Waals surface area contributed by atoms with Gasteiger partial charge in [-0.2, -0.15) is 9.97 Å². The van der Waals surface area contributed by atoms with Crippen molar-refractivity contribution < 1.29 is 41.8 Å². The SMILES string of the molecule is C=C[C@@H]1C[C@]1(NC(=O)[C@@H]1C[C@@H]2CN1C(=O)[C@H](C1CCCC1)NC(=O)N1CC[C@H](C1)OCCCc1ccc3nc(OCC)nc(c3c1)O2)C(=O)NS(=O)(=O)C1CC1. The van der Waals surface area contributed by atoms with Gasteiger partial charge in [-0.15, -0.1) is 6.58 Å². The third kappa shape index (κ3) is 7.76. The number of hydrogen-bond donors (Lipinski definition) is 3. The normalized spacial score (nSPS) is 29.9. The second-order valence-corrected chi connectivity index (χ2v) is 18.0. The summed E-state index contributed by atoms with van der Waals surface area (Å²) in [7, 11) is -3.90. The summed E-state index contributed by atoms with van der Waals surface area (Å²) in [5, 5.41) is 5.93. The number of carbonyl (C=O) groups is 4. The quantitative estimate of drug-likeness (QED) is 0.315. The molecule has 5 amide bonds. The number of ether oxygens (including phenoxy) is 3. The van der Waals surface area contributed by atoms with Crippen molar-refractivity contribution >= 4 is 44.7 Å². The summed E-state index contributed by atoms with van der Waals surface area (Å²) in [6.45, 7) is 7.38. The molecule has 2 saturated heterocycles. The Morgan fingerprint density at radius 2 is 1.89 bits per heavy atom. The molecule has 6 atom stereocenters. The Morgan fingerprint density at radius 1 is 1.09 bits per heavy atom. The molecule has 5 fully saturated rings. The van der Waals surface area contributed by atoms with Gasteiger partial charge in [0, 0.05) is 32.0 Å². The molecule has 16 nitrogen and oxygen atoms in total. The van der Waals surface area contributed by atoms with Crippen molar-refractivity contribution in [2.75, 3.05) is 32.8 Å². The molecule has 3 N–H and O–H groups in total. The third-order valence-electron chi connectivity index (χ3n) is 12.2. The van der Waals surface area contributed by atoms with Crippen molar-refractivity contribution in [2.45, 2.75) is 113 Å². The molecule has 56 heavy (non-hydrogen) atoms. The maximum atomic E-state index is 14.9. The zero-order valence-corrected chi connectivity index (χ0v) is 32.6. The van der Waals surface area contributed by atoms with Crippen LogP contribution in [0.4, 0.5) is 4.79 Å². The minimum absolute atomic E-state index is 0.00899. The van der Waals surface area contributed by atoms with Crippen molar-refractivity contribution in [1.29, 1.82) is 0 Å². The van der Waals surface area contributed by atoms with Crippen LogP contribution in [0.1, 0.15) is 76.7 Å². The number of amides is 5. The fourth-order valence-electron chi connectivity index (χ4n) is 8.77. The van der Waals surface area contributed by atoms with E-state index in [1.165, 1.54) is 11.0 Å². The number of urea groups is 1. The van der Waals surface area contributed by atoms with Crippen LogP contribution in [0.15, 0.2) is 30.9 Å². The van der Waals surface area contributed by atoms with Crippen LogP contribution in [-0.4, -0.2) is 120 Å². The molecule has 302 valence electrons. The van der Waals surface area contributed by atoms with Crippen molar-refractivity contribution in [3.63, 3.8) is 0 Å². The lowest BCUT2D eigenvalue weighted by molar-refractivity contribution is -0.142. The number of fused-ring (bicyclic) bond motifs is 5. The third-order valence-corrected chi connectivity index (χ3v) is 14.0. The Bertz CT molecular complexity index is 2000. The maximum absolute atomic E-state index is 14.9. The Kier molecular flexibility index (Phi) is 10.6. The zero-order chi connectivity index (χ0) is 39.2. The number of nitrogens with zero attached hydrogens (tertiary/aromatic N) is 4. The van der Waals surface area contributed by atoms with Crippen molar-refractivity contribution in [3.8, 4) is 11.9 Å². The fourth-order valence-corrected chi connectivity index (χ4v) is 10.1. The first-order valence-electron chi connectivity index (χ1n) is 20.1. The second kappa shape index (κ2) is 15.4. The van der Waals surface area contributed by atoms with Gasteiger partial charge in [-0.3, -0.25) is 19.1 Å². The lowest BCUT2D eigenvalue weighted by Gasteiger charge is -2.33. The van der Waals surface area contributed by atoms with Crippen LogP contribution in [-0.2, 0) is 35.6 Å². The smallest absolute Gasteiger partial charge is 0.320 e. The molecule has 3 saturated carbocycles. The molecule has 6 aliphatic rings. The molecule has 3 aliphatic carbocycles. The number of hydrogen-bond acceptors (Lipinski definition) is 11. The van der Waals surface area contributed by atoms with Crippen molar-refractivity contribution in [2.24, 2.45) is 11.8 Å². The van der Waals surface area contributed by atoms with Gasteiger partial charge < -0.3 is 34.6 Å². The van der Waals surface area contributed by atoms with Gasteiger partial charge in [0.1, 0.15) is 23.7 Å². The van der Waals surface area contributed by atoms with Crippen molar-refractivity contribution in [1.82, 2.24) is 35.1 Å². The number of rotatable bonds is 9. The molecule has 2 aromatic rings. The van der Waals surface area contributed by atoms with Crippen LogP contribution < -0.4 is 24.8 Å². The summed E-state index contributed by atoms with van der Waals surface area (Å²) in [6.07, 6.45) is 7.27. The van der Waals surface area contributed by atoms with Crippen LogP contribution in [0.5, 0.6) is 11.9 Å². The fraction of sp³-hybridized carbons (Fsp3) is 0.641. The number of benzene rings is 1. The highest BCUT2D eigenvalue weighted by Crippen LogP contribution is 2.46. The molecule has 0 radical (unpaired) electrons. The molecule has 4 heterocycles. The largest absolute Gasteiger partial charge is 0.472 e. The van der Waals surface area contributed by atoms with Crippen LogP contribution in [0.3, 0.4) is 0 Å². The van der Waals surface area contributed by atoms with E-state index in [9.17, 15) is 27.6 Å². The van der Waals surface area contributed by atoms with Crippen LogP contribution in [0.2, 0.25) is 0 Å². The average molecular weight is 794 g/mol. The van der Waals surface area contributed by atoms with Crippen LogP contribution in [0, 0.1) is 11.8 Å². The summed E-state index contributed by atoms with van der Waals surface area (Å²) in [6, 6.07) is 3.62. The van der Waals surface area contributed by atoms with E-state index in [4.69, 9.17) is 14.2 Å². The Hall–Kier alpha value is -4.51. The predicted molar refractivity (Wildman–Crippen MR) is 203 cm³/mol. The highest BCUT2D eigenvalue weighted by atomic mass is 32.2. The van der Waals surface area contributed by atoms with E-state index in [0.717, 1.165) is 44.1 Å². The highest BCUT2D eigenvalue weighted by molar-refractivity contribution is 7.91. The molecule has 1 aromatic carbocycles. The molecule has 17 heteroatoms. The zero-order valence-electron chi connectivity index (χ0n) is 31.7. The predicted octanol–water partition coefficient (Wildman–Crippen LogP) is 2.35. The van der Waals surface area contributed by atoms with E-state index in [1.807, 2.05) is 25.1 Å².